The number of rotatable bonds is 5. The molecular weight excluding hydrogens is 277 g/mol. The molecule has 1 unspecified atom stereocenters. The van der Waals surface area contributed by atoms with Crippen LogP contribution in [0.25, 0.3) is 0 Å². The van der Waals surface area contributed by atoms with Gasteiger partial charge < -0.3 is 15.2 Å². The number of ether oxygens (including phenoxy) is 1. The Morgan fingerprint density at radius 2 is 1.53 bits per heavy atom. The van der Waals surface area contributed by atoms with Crippen molar-refractivity contribution in [2.24, 2.45) is 0 Å². The van der Waals surface area contributed by atoms with Gasteiger partial charge in [0, 0.05) is 0 Å². The summed E-state index contributed by atoms with van der Waals surface area (Å²) in [6.07, 6.45) is 0. The van der Waals surface area contributed by atoms with E-state index in [1.54, 1.807) is 0 Å². The normalized spacial score (nSPS) is 12.3. The molecule has 1 atom stereocenters. The second kappa shape index (κ2) is 5.83. The van der Waals surface area contributed by atoms with Gasteiger partial charge in [0.15, 0.2) is 5.75 Å². The second-order valence-electron chi connectivity index (χ2n) is 3.39. The lowest BCUT2D eigenvalue weighted by atomic mass is 10.2. The van der Waals surface area contributed by atoms with Crippen LogP contribution in [0.1, 0.15) is 0 Å². The highest BCUT2D eigenvalue weighted by atomic mass is 19.2. The SMILES string of the molecule is CNC(COc1c(F)c(F)c(F)c(F)c1F)C(=O)O. The van der Waals surface area contributed by atoms with Crippen molar-refractivity contribution in [2.75, 3.05) is 13.7 Å². The third kappa shape index (κ3) is 2.92. The van der Waals surface area contributed by atoms with E-state index in [0.29, 0.717) is 0 Å². The van der Waals surface area contributed by atoms with E-state index in [4.69, 9.17) is 5.11 Å². The van der Waals surface area contributed by atoms with Gasteiger partial charge in [-0.05, 0) is 7.05 Å². The van der Waals surface area contributed by atoms with Crippen LogP contribution in [0.15, 0.2) is 0 Å². The maximum Gasteiger partial charge on any atom is 0.324 e. The molecule has 0 bridgehead atoms. The largest absolute Gasteiger partial charge is 0.485 e. The van der Waals surface area contributed by atoms with Gasteiger partial charge in [0.05, 0.1) is 0 Å². The predicted octanol–water partition coefficient (Wildman–Crippen LogP) is 1.43. The van der Waals surface area contributed by atoms with Crippen LogP contribution in [0.3, 0.4) is 0 Å². The quantitative estimate of drug-likeness (QED) is 0.488. The Bertz CT molecular complexity index is 479. The molecule has 0 fully saturated rings. The summed E-state index contributed by atoms with van der Waals surface area (Å²) in [6, 6.07) is -1.37. The summed E-state index contributed by atoms with van der Waals surface area (Å²) in [5, 5.41) is 10.8. The molecule has 1 rings (SSSR count). The van der Waals surface area contributed by atoms with Crippen LogP contribution < -0.4 is 10.1 Å². The lowest BCUT2D eigenvalue weighted by Gasteiger charge is -2.14. The first-order chi connectivity index (χ1) is 8.81. The lowest BCUT2D eigenvalue weighted by Crippen LogP contribution is -2.39. The Morgan fingerprint density at radius 1 is 1.11 bits per heavy atom. The Kier molecular flexibility index (Phi) is 4.65. The molecule has 0 aliphatic heterocycles. The number of hydrogen-bond acceptors (Lipinski definition) is 3. The number of benzene rings is 1. The van der Waals surface area contributed by atoms with E-state index in [1.165, 1.54) is 7.05 Å². The fourth-order valence-electron chi connectivity index (χ4n) is 1.16. The Hall–Kier alpha value is -1.90. The number of nitrogens with one attached hydrogen (secondary N) is 1. The van der Waals surface area contributed by atoms with Gasteiger partial charge in [0.2, 0.25) is 29.1 Å². The van der Waals surface area contributed by atoms with Crippen molar-refractivity contribution in [3.8, 4) is 5.75 Å². The molecule has 0 spiro atoms. The van der Waals surface area contributed by atoms with E-state index in [2.05, 4.69) is 10.1 Å². The summed E-state index contributed by atoms with van der Waals surface area (Å²) in [4.78, 5) is 10.6. The van der Waals surface area contributed by atoms with Gasteiger partial charge in [-0.15, -0.1) is 0 Å². The Morgan fingerprint density at radius 3 is 1.89 bits per heavy atom. The number of carboxylic acid groups (broad SMARTS) is 1. The topological polar surface area (TPSA) is 58.6 Å². The Balaban J connectivity index is 3.05. The van der Waals surface area contributed by atoms with Gasteiger partial charge >= 0.3 is 5.97 Å². The van der Waals surface area contributed by atoms with E-state index in [-0.39, 0.29) is 0 Å². The highest BCUT2D eigenvalue weighted by Gasteiger charge is 2.28. The number of carbonyl (C=O) groups is 1. The van der Waals surface area contributed by atoms with Crippen molar-refractivity contribution < 1.29 is 36.6 Å². The summed E-state index contributed by atoms with van der Waals surface area (Å²) in [6.45, 7) is -0.815. The average Bonchev–Trinajstić information content (AvgIpc) is 2.38. The fraction of sp³-hybridized carbons (Fsp3) is 0.300. The number of carboxylic acids is 1. The van der Waals surface area contributed by atoms with Gasteiger partial charge in [-0.1, -0.05) is 0 Å². The first-order valence-corrected chi connectivity index (χ1v) is 4.85. The van der Waals surface area contributed by atoms with Crippen LogP contribution in [-0.2, 0) is 4.79 Å². The molecular formula is C10H8F5NO3. The van der Waals surface area contributed by atoms with Crippen LogP contribution in [0.2, 0.25) is 0 Å². The molecule has 1 aromatic carbocycles. The maximum absolute atomic E-state index is 13.1. The lowest BCUT2D eigenvalue weighted by molar-refractivity contribution is -0.140. The van der Waals surface area contributed by atoms with Gasteiger partial charge in [-0.3, -0.25) is 4.79 Å². The molecule has 106 valence electrons. The van der Waals surface area contributed by atoms with Crippen molar-refractivity contribution in [3.05, 3.63) is 29.1 Å². The molecule has 0 aromatic heterocycles. The number of hydrogen-bond donors (Lipinski definition) is 2. The van der Waals surface area contributed by atoms with Gasteiger partial charge in [0.1, 0.15) is 12.6 Å². The van der Waals surface area contributed by atoms with Crippen LogP contribution >= 0.6 is 0 Å². The van der Waals surface area contributed by atoms with Crippen LogP contribution in [0.5, 0.6) is 5.75 Å². The van der Waals surface area contributed by atoms with Crippen molar-refractivity contribution in [3.63, 3.8) is 0 Å². The smallest absolute Gasteiger partial charge is 0.324 e. The molecule has 0 heterocycles. The maximum atomic E-state index is 13.1. The zero-order valence-corrected chi connectivity index (χ0v) is 9.44. The van der Waals surface area contributed by atoms with Crippen LogP contribution in [0, 0.1) is 29.1 Å². The fourth-order valence-corrected chi connectivity index (χ4v) is 1.16. The first-order valence-electron chi connectivity index (χ1n) is 4.85. The molecule has 1 aromatic rings. The minimum absolute atomic E-state index is 0.815. The van der Waals surface area contributed by atoms with E-state index >= 15 is 0 Å². The molecule has 2 N–H and O–H groups in total. The molecule has 0 saturated heterocycles. The zero-order valence-electron chi connectivity index (χ0n) is 9.44. The van der Waals surface area contributed by atoms with Crippen molar-refractivity contribution in [2.45, 2.75) is 6.04 Å². The minimum atomic E-state index is -2.31. The summed E-state index contributed by atoms with van der Waals surface area (Å²) in [5.74, 6) is -13.9. The molecule has 0 amide bonds. The van der Waals surface area contributed by atoms with Gasteiger partial charge in [-0.2, -0.15) is 8.78 Å². The van der Waals surface area contributed by atoms with Crippen LogP contribution in [0.4, 0.5) is 22.0 Å². The molecule has 19 heavy (non-hydrogen) atoms. The molecule has 0 radical (unpaired) electrons. The molecule has 0 saturated carbocycles. The third-order valence-corrected chi connectivity index (χ3v) is 2.21. The average molecular weight is 285 g/mol. The zero-order chi connectivity index (χ0) is 14.7. The van der Waals surface area contributed by atoms with Crippen molar-refractivity contribution >= 4 is 5.97 Å². The van der Waals surface area contributed by atoms with Crippen LogP contribution in [-0.4, -0.2) is 30.8 Å². The summed E-state index contributed by atoms with van der Waals surface area (Å²) in [7, 11) is 1.22. The standard InChI is InChI=1S/C10H8F5NO3/c1-16-3(10(17)18)2-19-9-7(14)5(12)4(11)6(13)8(9)15/h3,16H,2H2,1H3,(H,17,18). The van der Waals surface area contributed by atoms with Gasteiger partial charge in [-0.25, -0.2) is 13.2 Å². The number of halogens is 5. The van der Waals surface area contributed by atoms with Crippen molar-refractivity contribution in [1.82, 2.24) is 5.32 Å². The highest BCUT2D eigenvalue weighted by Crippen LogP contribution is 2.29. The molecule has 4 nitrogen and oxygen atoms in total. The second-order valence-corrected chi connectivity index (χ2v) is 3.39. The highest BCUT2D eigenvalue weighted by molar-refractivity contribution is 5.73. The summed E-state index contributed by atoms with van der Waals surface area (Å²) in [5.41, 5.74) is 0. The Labute approximate surface area is 103 Å². The summed E-state index contributed by atoms with van der Waals surface area (Å²) < 4.78 is 68.9. The number of likely N-dealkylation sites (N-methyl/N-ethyl adjacent to an activating group) is 1. The minimum Gasteiger partial charge on any atom is -0.485 e. The van der Waals surface area contributed by atoms with Crippen molar-refractivity contribution in [1.29, 1.82) is 0 Å². The van der Waals surface area contributed by atoms with E-state index in [0.717, 1.165) is 0 Å². The first kappa shape index (κ1) is 15.2. The number of aliphatic carboxylic acids is 1. The molecule has 0 aliphatic rings. The van der Waals surface area contributed by atoms with E-state index in [9.17, 15) is 26.7 Å². The predicted molar refractivity (Wildman–Crippen MR) is 52.2 cm³/mol. The van der Waals surface area contributed by atoms with E-state index in [1.807, 2.05) is 0 Å². The monoisotopic (exact) mass is 285 g/mol. The molecule has 9 heteroatoms. The summed E-state index contributed by atoms with van der Waals surface area (Å²) >= 11 is 0. The van der Waals surface area contributed by atoms with Gasteiger partial charge in [0.25, 0.3) is 0 Å². The third-order valence-electron chi connectivity index (χ3n) is 2.21. The van der Waals surface area contributed by atoms with E-state index < -0.39 is 53.5 Å². The molecule has 0 aliphatic carbocycles.